The summed E-state index contributed by atoms with van der Waals surface area (Å²) in [6, 6.07) is 0. The number of aromatic nitrogens is 6. The maximum atomic E-state index is 13.0. The van der Waals surface area contributed by atoms with Crippen LogP contribution in [0.25, 0.3) is 11.2 Å². The minimum Gasteiger partial charge on any atom is -0.477 e. The van der Waals surface area contributed by atoms with Crippen molar-refractivity contribution in [3.05, 3.63) is 39.6 Å². The van der Waals surface area contributed by atoms with Gasteiger partial charge in [0.05, 0.1) is 20.0 Å². The van der Waals surface area contributed by atoms with Gasteiger partial charge in [0.1, 0.15) is 12.6 Å². The molecule has 31 heavy (non-hydrogen) atoms. The van der Waals surface area contributed by atoms with Crippen LogP contribution in [0.4, 0.5) is 0 Å². The molecule has 4 rings (SSSR count). The molecule has 4 heterocycles. The number of rotatable bonds is 5. The second kappa shape index (κ2) is 8.20. The van der Waals surface area contributed by atoms with Gasteiger partial charge in [-0.15, -0.1) is 0 Å². The van der Waals surface area contributed by atoms with E-state index >= 15 is 0 Å². The summed E-state index contributed by atoms with van der Waals surface area (Å²) in [5.41, 5.74) is -0.495. The Balaban J connectivity index is 1.51. The van der Waals surface area contributed by atoms with Crippen LogP contribution in [0.1, 0.15) is 12.8 Å². The fourth-order valence-corrected chi connectivity index (χ4v) is 3.71. The van der Waals surface area contributed by atoms with Crippen LogP contribution in [0, 0.1) is 0 Å². The van der Waals surface area contributed by atoms with Gasteiger partial charge >= 0.3 is 5.69 Å². The summed E-state index contributed by atoms with van der Waals surface area (Å²) in [5, 5.41) is 0. The van der Waals surface area contributed by atoms with Crippen LogP contribution in [0.3, 0.4) is 0 Å². The molecule has 1 saturated heterocycles. The molecular formula is C19H23N7O5. The third-order valence-corrected chi connectivity index (χ3v) is 5.36. The smallest absolute Gasteiger partial charge is 0.332 e. The molecule has 1 amide bonds. The Bertz CT molecular complexity index is 1240. The number of ether oxygens (including phenoxy) is 2. The molecule has 1 fully saturated rings. The summed E-state index contributed by atoms with van der Waals surface area (Å²) in [7, 11) is 4.43. The molecule has 12 nitrogen and oxygen atoms in total. The largest absolute Gasteiger partial charge is 0.477 e. The lowest BCUT2D eigenvalue weighted by molar-refractivity contribution is -0.134. The molecule has 1 aliphatic rings. The number of carbonyl (C=O) groups excluding carboxylic acids is 1. The Morgan fingerprint density at radius 2 is 1.87 bits per heavy atom. The molecule has 0 spiro atoms. The monoisotopic (exact) mass is 429 g/mol. The van der Waals surface area contributed by atoms with Crippen LogP contribution >= 0.6 is 0 Å². The summed E-state index contributed by atoms with van der Waals surface area (Å²) in [4.78, 5) is 51.7. The average Bonchev–Trinajstić information content (AvgIpc) is 3.20. The van der Waals surface area contributed by atoms with Crippen LogP contribution in [-0.2, 0) is 25.4 Å². The molecule has 1 aliphatic heterocycles. The predicted molar refractivity (Wildman–Crippen MR) is 109 cm³/mol. The van der Waals surface area contributed by atoms with Crippen LogP contribution < -0.4 is 20.7 Å². The highest BCUT2D eigenvalue weighted by atomic mass is 16.5. The van der Waals surface area contributed by atoms with Crippen LogP contribution in [0.2, 0.25) is 0 Å². The van der Waals surface area contributed by atoms with Crippen LogP contribution in [-0.4, -0.2) is 65.8 Å². The number of likely N-dealkylation sites (tertiary alicyclic amines) is 1. The highest BCUT2D eigenvalue weighted by Crippen LogP contribution is 2.24. The number of carbonyl (C=O) groups is 1. The van der Waals surface area contributed by atoms with Crippen molar-refractivity contribution in [1.82, 2.24) is 33.6 Å². The first-order chi connectivity index (χ1) is 14.9. The van der Waals surface area contributed by atoms with E-state index in [0.29, 0.717) is 13.1 Å². The first-order valence-corrected chi connectivity index (χ1v) is 9.81. The molecule has 1 atom stereocenters. The Morgan fingerprint density at radius 3 is 2.61 bits per heavy atom. The zero-order valence-corrected chi connectivity index (χ0v) is 17.5. The van der Waals surface area contributed by atoms with Crippen molar-refractivity contribution in [1.29, 1.82) is 0 Å². The Kier molecular flexibility index (Phi) is 5.44. The number of hydrogen-bond acceptors (Lipinski definition) is 8. The standard InChI is InChI=1S/C19H23N7O5/c1-23-15-14(18(28)24(2)19(23)29)26(11-22-15)10-13(27)25-8-4-5-12(9-25)31-17-16(30-3)20-6-7-21-17/h6-7,11-12H,4-5,8-10H2,1-3H3. The Hall–Kier alpha value is -3.70. The van der Waals surface area contributed by atoms with Gasteiger partial charge in [0.25, 0.3) is 17.3 Å². The SMILES string of the molecule is COc1nccnc1OC1CCCN(C(=O)Cn2cnc3c2c(=O)n(C)c(=O)n3C)C1. The van der Waals surface area contributed by atoms with Gasteiger partial charge in [-0.1, -0.05) is 0 Å². The Morgan fingerprint density at radius 1 is 1.13 bits per heavy atom. The van der Waals surface area contributed by atoms with Gasteiger partial charge in [0, 0.05) is 33.0 Å². The lowest BCUT2D eigenvalue weighted by Gasteiger charge is -2.32. The van der Waals surface area contributed by atoms with E-state index in [1.165, 1.54) is 49.1 Å². The fourth-order valence-electron chi connectivity index (χ4n) is 3.71. The number of amides is 1. The molecule has 0 bridgehead atoms. The summed E-state index contributed by atoms with van der Waals surface area (Å²) in [6.07, 6.45) is 5.71. The van der Waals surface area contributed by atoms with E-state index in [2.05, 4.69) is 15.0 Å². The second-order valence-corrected chi connectivity index (χ2v) is 7.34. The molecule has 3 aromatic rings. The van der Waals surface area contributed by atoms with Crippen molar-refractivity contribution in [2.75, 3.05) is 20.2 Å². The molecule has 0 saturated carbocycles. The molecule has 3 aromatic heterocycles. The second-order valence-electron chi connectivity index (χ2n) is 7.34. The minimum absolute atomic E-state index is 0.0644. The van der Waals surface area contributed by atoms with Gasteiger partial charge < -0.3 is 18.9 Å². The lowest BCUT2D eigenvalue weighted by atomic mass is 10.1. The van der Waals surface area contributed by atoms with Crippen LogP contribution in [0.5, 0.6) is 11.8 Å². The van der Waals surface area contributed by atoms with Crippen molar-refractivity contribution in [3.8, 4) is 11.8 Å². The summed E-state index contributed by atoms with van der Waals surface area (Å²) in [5.74, 6) is 0.404. The van der Waals surface area contributed by atoms with E-state index in [1.807, 2.05) is 0 Å². The number of nitrogens with zero attached hydrogens (tertiary/aromatic N) is 7. The van der Waals surface area contributed by atoms with E-state index in [9.17, 15) is 14.4 Å². The number of hydrogen-bond donors (Lipinski definition) is 0. The number of methoxy groups -OCH3 is 1. The molecule has 0 N–H and O–H groups in total. The third kappa shape index (κ3) is 3.76. The van der Waals surface area contributed by atoms with E-state index in [0.717, 1.165) is 17.4 Å². The first-order valence-electron chi connectivity index (χ1n) is 9.81. The van der Waals surface area contributed by atoms with Crippen molar-refractivity contribution in [3.63, 3.8) is 0 Å². The average molecular weight is 429 g/mol. The molecule has 0 radical (unpaired) electrons. The molecule has 1 unspecified atom stereocenters. The summed E-state index contributed by atoms with van der Waals surface area (Å²) < 4.78 is 14.9. The maximum Gasteiger partial charge on any atom is 0.332 e. The third-order valence-electron chi connectivity index (χ3n) is 5.36. The van der Waals surface area contributed by atoms with E-state index < -0.39 is 11.2 Å². The van der Waals surface area contributed by atoms with Gasteiger partial charge in [0.2, 0.25) is 5.91 Å². The van der Waals surface area contributed by atoms with E-state index in [4.69, 9.17) is 9.47 Å². The minimum atomic E-state index is -0.488. The molecule has 164 valence electrons. The van der Waals surface area contributed by atoms with Gasteiger partial charge in [-0.3, -0.25) is 18.7 Å². The van der Waals surface area contributed by atoms with Crippen molar-refractivity contribution in [2.24, 2.45) is 14.1 Å². The van der Waals surface area contributed by atoms with Crippen molar-refractivity contribution < 1.29 is 14.3 Å². The normalized spacial score (nSPS) is 16.5. The highest BCUT2D eigenvalue weighted by molar-refractivity contribution is 5.79. The first kappa shape index (κ1) is 20.6. The van der Waals surface area contributed by atoms with E-state index in [-0.39, 0.29) is 41.5 Å². The molecule has 12 heteroatoms. The maximum absolute atomic E-state index is 13.0. The summed E-state index contributed by atoms with van der Waals surface area (Å²) in [6.45, 7) is 0.895. The Labute approximate surface area is 176 Å². The number of aryl methyl sites for hydroxylation is 1. The lowest BCUT2D eigenvalue weighted by Crippen LogP contribution is -2.45. The highest BCUT2D eigenvalue weighted by Gasteiger charge is 2.27. The zero-order chi connectivity index (χ0) is 22.1. The van der Waals surface area contributed by atoms with Crippen molar-refractivity contribution in [2.45, 2.75) is 25.5 Å². The summed E-state index contributed by atoms with van der Waals surface area (Å²) >= 11 is 0. The number of piperidine rings is 1. The van der Waals surface area contributed by atoms with Gasteiger partial charge in [-0.2, -0.15) is 0 Å². The van der Waals surface area contributed by atoms with Crippen molar-refractivity contribution >= 4 is 17.1 Å². The predicted octanol–water partition coefficient (Wildman–Crippen LogP) is -0.698. The number of fused-ring (bicyclic) bond motifs is 1. The van der Waals surface area contributed by atoms with Gasteiger partial charge in [-0.25, -0.2) is 19.7 Å². The fraction of sp³-hybridized carbons (Fsp3) is 0.474. The topological polar surface area (TPSA) is 126 Å². The molecular weight excluding hydrogens is 406 g/mol. The van der Waals surface area contributed by atoms with Gasteiger partial charge in [-0.05, 0) is 12.8 Å². The zero-order valence-electron chi connectivity index (χ0n) is 17.5. The number of imidazole rings is 1. The molecule has 0 aliphatic carbocycles. The quantitative estimate of drug-likeness (QED) is 0.521. The molecule has 0 aromatic carbocycles. The van der Waals surface area contributed by atoms with E-state index in [1.54, 1.807) is 4.90 Å². The van der Waals surface area contributed by atoms with Crippen LogP contribution in [0.15, 0.2) is 28.3 Å². The van der Waals surface area contributed by atoms with Gasteiger partial charge in [0.15, 0.2) is 11.2 Å².